The first-order valence-electron chi connectivity index (χ1n) is 5.36. The largest absolute Gasteiger partial charge is 0.488 e. The van der Waals surface area contributed by atoms with Gasteiger partial charge in [0.05, 0.1) is 23.3 Å². The lowest BCUT2D eigenvalue weighted by molar-refractivity contribution is -0.384. The van der Waals surface area contributed by atoms with Crippen molar-refractivity contribution in [3.8, 4) is 5.75 Å². The van der Waals surface area contributed by atoms with Gasteiger partial charge in [0, 0.05) is 13.0 Å². The van der Waals surface area contributed by atoms with Crippen LogP contribution in [0.4, 0.5) is 11.4 Å². The lowest BCUT2D eigenvalue weighted by atomic mass is 10.2. The number of rotatable bonds is 5. The van der Waals surface area contributed by atoms with E-state index in [1.807, 2.05) is 0 Å². The zero-order chi connectivity index (χ0) is 13.1. The third kappa shape index (κ3) is 3.17. The lowest BCUT2D eigenvalue weighted by Gasteiger charge is -2.10. The van der Waals surface area contributed by atoms with Crippen LogP contribution in [0.1, 0.15) is 6.92 Å². The number of carbonyl (C=O) groups is 1. The second-order valence-electron chi connectivity index (χ2n) is 3.89. The molecule has 1 unspecified atom stereocenters. The maximum Gasteiger partial charge on any atom is 0.273 e. The third-order valence-electron chi connectivity index (χ3n) is 2.31. The highest BCUT2D eigenvalue weighted by Crippen LogP contribution is 2.30. The van der Waals surface area contributed by atoms with Gasteiger partial charge in [-0.25, -0.2) is 0 Å². The highest BCUT2D eigenvalue weighted by Gasteiger charge is 2.24. The second kappa shape index (κ2) is 5.01. The first kappa shape index (κ1) is 12.3. The van der Waals surface area contributed by atoms with Gasteiger partial charge in [0.15, 0.2) is 0 Å². The van der Waals surface area contributed by atoms with Crippen LogP contribution in [0.5, 0.6) is 5.75 Å². The first-order valence-corrected chi connectivity index (χ1v) is 5.36. The fraction of sp³-hybridized carbons (Fsp3) is 0.364. The molecule has 0 radical (unpaired) electrons. The van der Waals surface area contributed by atoms with Gasteiger partial charge in [0.2, 0.25) is 5.91 Å². The predicted octanol–water partition coefficient (Wildman–Crippen LogP) is 1.33. The highest BCUT2D eigenvalue weighted by molar-refractivity contribution is 5.90. The van der Waals surface area contributed by atoms with Gasteiger partial charge in [-0.2, -0.15) is 0 Å². The average molecular weight is 252 g/mol. The van der Waals surface area contributed by atoms with Crippen LogP contribution in [-0.2, 0) is 9.53 Å². The average Bonchev–Trinajstić information content (AvgIpc) is 3.10. The summed E-state index contributed by atoms with van der Waals surface area (Å²) in [5.74, 6) is 0.00581. The van der Waals surface area contributed by atoms with E-state index in [9.17, 15) is 14.9 Å². The molecule has 1 amide bonds. The topological polar surface area (TPSA) is 94.0 Å². The summed E-state index contributed by atoms with van der Waals surface area (Å²) in [6, 6.07) is 4.04. The van der Waals surface area contributed by atoms with Gasteiger partial charge in [-0.3, -0.25) is 14.9 Å². The number of ether oxygens (including phenoxy) is 2. The van der Waals surface area contributed by atoms with E-state index in [4.69, 9.17) is 9.47 Å². The highest BCUT2D eigenvalue weighted by atomic mass is 16.6. The second-order valence-corrected chi connectivity index (χ2v) is 3.89. The minimum Gasteiger partial charge on any atom is -0.488 e. The molecule has 0 aromatic heterocycles. The van der Waals surface area contributed by atoms with Crippen LogP contribution in [0.25, 0.3) is 0 Å². The molecule has 0 bridgehead atoms. The number of epoxide rings is 1. The van der Waals surface area contributed by atoms with Gasteiger partial charge in [-0.1, -0.05) is 0 Å². The molecule has 7 heteroatoms. The molecular weight excluding hydrogens is 240 g/mol. The quantitative estimate of drug-likeness (QED) is 0.484. The van der Waals surface area contributed by atoms with Crippen molar-refractivity contribution < 1.29 is 19.2 Å². The van der Waals surface area contributed by atoms with E-state index in [1.165, 1.54) is 25.1 Å². The van der Waals surface area contributed by atoms with Crippen molar-refractivity contribution in [1.29, 1.82) is 0 Å². The van der Waals surface area contributed by atoms with Crippen molar-refractivity contribution in [2.45, 2.75) is 13.0 Å². The molecule has 1 aliphatic heterocycles. The Morgan fingerprint density at radius 1 is 1.67 bits per heavy atom. The molecule has 1 aliphatic rings. The first-order chi connectivity index (χ1) is 8.56. The summed E-state index contributed by atoms with van der Waals surface area (Å²) in [6.07, 6.45) is 0.0365. The van der Waals surface area contributed by atoms with Gasteiger partial charge < -0.3 is 14.8 Å². The van der Waals surface area contributed by atoms with Crippen molar-refractivity contribution in [2.24, 2.45) is 0 Å². The minimum absolute atomic E-state index is 0.0365. The van der Waals surface area contributed by atoms with Crippen molar-refractivity contribution >= 4 is 17.3 Å². The molecule has 2 rings (SSSR count). The monoisotopic (exact) mass is 252 g/mol. The van der Waals surface area contributed by atoms with E-state index in [1.54, 1.807) is 0 Å². The molecule has 1 atom stereocenters. The van der Waals surface area contributed by atoms with E-state index in [0.717, 1.165) is 0 Å². The number of benzene rings is 1. The number of nitrogens with zero attached hydrogens (tertiary/aromatic N) is 1. The van der Waals surface area contributed by atoms with E-state index >= 15 is 0 Å². The number of nitrogens with one attached hydrogen (secondary N) is 1. The van der Waals surface area contributed by atoms with Crippen molar-refractivity contribution in [3.05, 3.63) is 28.3 Å². The van der Waals surface area contributed by atoms with Crippen LogP contribution in [0.2, 0.25) is 0 Å². The van der Waals surface area contributed by atoms with Gasteiger partial charge >= 0.3 is 0 Å². The Labute approximate surface area is 103 Å². The molecule has 1 saturated heterocycles. The van der Waals surface area contributed by atoms with Crippen molar-refractivity contribution in [2.75, 3.05) is 18.5 Å². The number of anilines is 1. The summed E-state index contributed by atoms with van der Waals surface area (Å²) in [4.78, 5) is 21.2. The summed E-state index contributed by atoms with van der Waals surface area (Å²) in [6.45, 7) is 2.30. The normalized spacial score (nSPS) is 17.1. The maximum atomic E-state index is 11.0. The fourth-order valence-electron chi connectivity index (χ4n) is 1.38. The molecule has 0 spiro atoms. The number of carbonyl (C=O) groups excluding carboxylic acids is 1. The lowest BCUT2D eigenvalue weighted by Crippen LogP contribution is -2.10. The van der Waals surface area contributed by atoms with Crippen LogP contribution >= 0.6 is 0 Å². The van der Waals surface area contributed by atoms with Crippen LogP contribution in [0.3, 0.4) is 0 Å². The Kier molecular flexibility index (Phi) is 3.42. The number of amides is 1. The number of nitro benzene ring substituents is 1. The molecule has 1 aromatic carbocycles. The summed E-state index contributed by atoms with van der Waals surface area (Å²) in [7, 11) is 0. The SMILES string of the molecule is CC(=O)Nc1ccc([N+](=O)[O-])cc1OCC1CO1. The van der Waals surface area contributed by atoms with Gasteiger partial charge in [-0.15, -0.1) is 0 Å². The van der Waals surface area contributed by atoms with Crippen molar-refractivity contribution in [1.82, 2.24) is 0 Å². The standard InChI is InChI=1S/C11H12N2O5/c1-7(14)12-10-3-2-8(13(15)16)4-11(10)18-6-9-5-17-9/h2-4,9H,5-6H2,1H3,(H,12,14). The van der Waals surface area contributed by atoms with Crippen LogP contribution in [0, 0.1) is 10.1 Å². The molecule has 0 aliphatic carbocycles. The zero-order valence-corrected chi connectivity index (χ0v) is 9.71. The summed E-state index contributed by atoms with van der Waals surface area (Å²) >= 11 is 0. The molecular formula is C11H12N2O5. The Hall–Kier alpha value is -2.15. The summed E-state index contributed by atoms with van der Waals surface area (Å²) in [5.41, 5.74) is 0.324. The Morgan fingerprint density at radius 2 is 2.39 bits per heavy atom. The molecule has 1 N–H and O–H groups in total. The zero-order valence-electron chi connectivity index (χ0n) is 9.71. The van der Waals surface area contributed by atoms with Crippen LogP contribution in [0.15, 0.2) is 18.2 Å². The molecule has 96 valence electrons. The number of nitro groups is 1. The minimum atomic E-state index is -0.516. The molecule has 1 fully saturated rings. The van der Waals surface area contributed by atoms with Crippen LogP contribution in [-0.4, -0.2) is 30.1 Å². The van der Waals surface area contributed by atoms with Gasteiger partial charge in [0.1, 0.15) is 18.5 Å². The van der Waals surface area contributed by atoms with E-state index in [0.29, 0.717) is 18.9 Å². The Morgan fingerprint density at radius 3 is 2.94 bits per heavy atom. The van der Waals surface area contributed by atoms with Crippen LogP contribution < -0.4 is 10.1 Å². The van der Waals surface area contributed by atoms with Crippen molar-refractivity contribution in [3.63, 3.8) is 0 Å². The Balaban J connectivity index is 2.19. The van der Waals surface area contributed by atoms with E-state index in [2.05, 4.69) is 5.32 Å². The molecule has 1 aromatic rings. The predicted molar refractivity (Wildman–Crippen MR) is 62.6 cm³/mol. The number of non-ortho nitro benzene ring substituents is 1. The van der Waals surface area contributed by atoms with Gasteiger partial charge in [-0.05, 0) is 6.07 Å². The summed E-state index contributed by atoms with van der Waals surface area (Å²) < 4.78 is 10.4. The Bertz CT molecular complexity index is 484. The molecule has 1 heterocycles. The number of hydrogen-bond acceptors (Lipinski definition) is 5. The molecule has 7 nitrogen and oxygen atoms in total. The van der Waals surface area contributed by atoms with E-state index < -0.39 is 4.92 Å². The molecule has 18 heavy (non-hydrogen) atoms. The molecule has 0 saturated carbocycles. The maximum absolute atomic E-state index is 11.0. The summed E-state index contributed by atoms with van der Waals surface area (Å²) in [5, 5.41) is 13.2. The smallest absolute Gasteiger partial charge is 0.273 e. The number of hydrogen-bond donors (Lipinski definition) is 1. The van der Waals surface area contributed by atoms with Gasteiger partial charge in [0.25, 0.3) is 5.69 Å². The fourth-order valence-corrected chi connectivity index (χ4v) is 1.38. The van der Waals surface area contributed by atoms with E-state index in [-0.39, 0.29) is 23.4 Å². The third-order valence-corrected chi connectivity index (χ3v) is 2.31.